The topological polar surface area (TPSA) is 57.7 Å². The van der Waals surface area contributed by atoms with Gasteiger partial charge < -0.3 is 4.90 Å². The maximum atomic E-state index is 9.52. The van der Waals surface area contributed by atoms with E-state index in [1.165, 1.54) is 5.56 Å². The lowest BCUT2D eigenvalue weighted by atomic mass is 10.1. The Labute approximate surface area is 148 Å². The molecule has 0 amide bonds. The zero-order chi connectivity index (χ0) is 17.8. The van der Waals surface area contributed by atoms with Gasteiger partial charge in [-0.1, -0.05) is 42.5 Å². The summed E-state index contributed by atoms with van der Waals surface area (Å²) in [6, 6.07) is 18.5. The Morgan fingerprint density at radius 3 is 2.52 bits per heavy atom. The summed E-state index contributed by atoms with van der Waals surface area (Å²) in [5.74, 6) is 0.620. The second-order valence-corrected chi connectivity index (χ2v) is 6.06. The van der Waals surface area contributed by atoms with Crippen molar-refractivity contribution in [3.8, 4) is 11.8 Å². The zero-order valence-corrected chi connectivity index (χ0v) is 14.8. The van der Waals surface area contributed by atoms with Crippen LogP contribution in [0.2, 0.25) is 0 Å². The van der Waals surface area contributed by atoms with E-state index in [9.17, 15) is 5.26 Å². The molecule has 5 nitrogen and oxygen atoms in total. The Kier molecular flexibility index (Phi) is 4.80. The second kappa shape index (κ2) is 7.18. The smallest absolute Gasteiger partial charge is 0.207 e. The summed E-state index contributed by atoms with van der Waals surface area (Å²) < 4.78 is 0. The Balaban J connectivity index is 2.00. The molecule has 0 saturated carbocycles. The van der Waals surface area contributed by atoms with Gasteiger partial charge in [0.1, 0.15) is 6.07 Å². The highest BCUT2D eigenvalue weighted by Crippen LogP contribution is 2.21. The Morgan fingerprint density at radius 2 is 1.84 bits per heavy atom. The average Bonchev–Trinajstić information content (AvgIpc) is 3.06. The molecule has 3 rings (SSSR count). The third-order valence-electron chi connectivity index (χ3n) is 4.18. The van der Waals surface area contributed by atoms with E-state index in [2.05, 4.69) is 46.3 Å². The SMILES string of the molecule is CCN(Cc1ccccc1)c1nn(-c2cc(C)ccc2C)nc1C#N. The minimum Gasteiger partial charge on any atom is -0.349 e. The molecule has 0 atom stereocenters. The molecule has 0 fully saturated rings. The summed E-state index contributed by atoms with van der Waals surface area (Å²) in [4.78, 5) is 3.65. The normalized spacial score (nSPS) is 10.5. The van der Waals surface area contributed by atoms with Crippen molar-refractivity contribution in [3.05, 3.63) is 70.9 Å². The van der Waals surface area contributed by atoms with Gasteiger partial charge in [0.2, 0.25) is 5.69 Å². The molecule has 0 spiro atoms. The van der Waals surface area contributed by atoms with Crippen LogP contribution >= 0.6 is 0 Å². The number of hydrogen-bond acceptors (Lipinski definition) is 4. The van der Waals surface area contributed by atoms with Crippen LogP contribution in [0.25, 0.3) is 5.69 Å². The third kappa shape index (κ3) is 3.53. The van der Waals surface area contributed by atoms with Gasteiger partial charge in [-0.2, -0.15) is 5.26 Å². The van der Waals surface area contributed by atoms with Gasteiger partial charge in [0.15, 0.2) is 5.82 Å². The van der Waals surface area contributed by atoms with Gasteiger partial charge in [-0.15, -0.1) is 15.0 Å². The van der Waals surface area contributed by atoms with Crippen LogP contribution in [-0.4, -0.2) is 21.5 Å². The highest BCUT2D eigenvalue weighted by molar-refractivity contribution is 5.51. The predicted octanol–water partition coefficient (Wildman–Crippen LogP) is 3.78. The lowest BCUT2D eigenvalue weighted by Gasteiger charge is -2.20. The number of nitrogens with zero attached hydrogens (tertiary/aromatic N) is 5. The van der Waals surface area contributed by atoms with Crippen molar-refractivity contribution < 1.29 is 0 Å². The van der Waals surface area contributed by atoms with Crippen LogP contribution in [0.3, 0.4) is 0 Å². The highest BCUT2D eigenvalue weighted by Gasteiger charge is 2.18. The number of benzene rings is 2. The molecular weight excluding hydrogens is 310 g/mol. The maximum Gasteiger partial charge on any atom is 0.207 e. The molecule has 0 N–H and O–H groups in total. The van der Waals surface area contributed by atoms with Crippen molar-refractivity contribution in [2.24, 2.45) is 0 Å². The molecule has 2 aromatic carbocycles. The number of rotatable bonds is 5. The van der Waals surface area contributed by atoms with E-state index in [4.69, 9.17) is 0 Å². The van der Waals surface area contributed by atoms with Crippen molar-refractivity contribution in [2.45, 2.75) is 27.3 Å². The molecule has 0 aliphatic heterocycles. The van der Waals surface area contributed by atoms with Crippen molar-refractivity contribution in [2.75, 3.05) is 11.4 Å². The van der Waals surface area contributed by atoms with Gasteiger partial charge in [0.25, 0.3) is 0 Å². The number of hydrogen-bond donors (Lipinski definition) is 0. The van der Waals surface area contributed by atoms with E-state index in [1.807, 2.05) is 44.2 Å². The predicted molar refractivity (Wildman–Crippen MR) is 98.7 cm³/mol. The molecule has 25 heavy (non-hydrogen) atoms. The first kappa shape index (κ1) is 16.7. The summed E-state index contributed by atoms with van der Waals surface area (Å²) in [6.07, 6.45) is 0. The third-order valence-corrected chi connectivity index (χ3v) is 4.18. The van der Waals surface area contributed by atoms with E-state index in [0.717, 1.165) is 23.4 Å². The molecule has 1 aromatic heterocycles. The second-order valence-electron chi connectivity index (χ2n) is 6.06. The van der Waals surface area contributed by atoms with E-state index in [0.29, 0.717) is 18.1 Å². The highest BCUT2D eigenvalue weighted by atomic mass is 15.5. The summed E-state index contributed by atoms with van der Waals surface area (Å²) in [5, 5.41) is 18.6. The standard InChI is InChI=1S/C20H21N5/c1-4-24(14-17-8-6-5-7-9-17)20-18(13-21)22-25(23-20)19-12-15(2)10-11-16(19)3/h5-12H,4,14H2,1-3H3. The number of aryl methyl sites for hydroxylation is 2. The summed E-state index contributed by atoms with van der Waals surface area (Å²) in [5.41, 5.74) is 4.63. The molecule has 5 heteroatoms. The van der Waals surface area contributed by atoms with Gasteiger partial charge >= 0.3 is 0 Å². The van der Waals surface area contributed by atoms with Gasteiger partial charge in [-0.3, -0.25) is 0 Å². The first-order valence-electron chi connectivity index (χ1n) is 8.36. The number of anilines is 1. The van der Waals surface area contributed by atoms with Crippen LogP contribution in [0.1, 0.15) is 29.3 Å². The maximum absolute atomic E-state index is 9.52. The number of aromatic nitrogens is 3. The average molecular weight is 331 g/mol. The fourth-order valence-corrected chi connectivity index (χ4v) is 2.77. The van der Waals surface area contributed by atoms with Crippen molar-refractivity contribution in [1.82, 2.24) is 15.0 Å². The first-order chi connectivity index (χ1) is 12.1. The molecule has 0 radical (unpaired) electrons. The van der Waals surface area contributed by atoms with Crippen LogP contribution in [0.4, 0.5) is 5.82 Å². The first-order valence-corrected chi connectivity index (χ1v) is 8.36. The molecular formula is C20H21N5. The van der Waals surface area contributed by atoms with Crippen LogP contribution in [0, 0.1) is 25.2 Å². The number of nitriles is 1. The van der Waals surface area contributed by atoms with Crippen LogP contribution in [0.15, 0.2) is 48.5 Å². The van der Waals surface area contributed by atoms with E-state index < -0.39 is 0 Å². The summed E-state index contributed by atoms with van der Waals surface area (Å²) >= 11 is 0. The van der Waals surface area contributed by atoms with Crippen molar-refractivity contribution in [3.63, 3.8) is 0 Å². The van der Waals surface area contributed by atoms with Crippen LogP contribution in [0.5, 0.6) is 0 Å². The van der Waals surface area contributed by atoms with E-state index >= 15 is 0 Å². The Morgan fingerprint density at radius 1 is 1.08 bits per heavy atom. The fourth-order valence-electron chi connectivity index (χ4n) is 2.77. The summed E-state index contributed by atoms with van der Waals surface area (Å²) in [6.45, 7) is 7.55. The molecule has 0 aliphatic rings. The molecule has 0 aliphatic carbocycles. The lowest BCUT2D eigenvalue weighted by molar-refractivity contribution is 0.728. The molecule has 1 heterocycles. The Bertz CT molecular complexity index is 906. The van der Waals surface area contributed by atoms with Gasteiger partial charge in [-0.25, -0.2) is 0 Å². The van der Waals surface area contributed by atoms with Crippen LogP contribution < -0.4 is 4.90 Å². The minimum absolute atomic E-state index is 0.346. The van der Waals surface area contributed by atoms with Crippen LogP contribution in [-0.2, 0) is 6.54 Å². The monoisotopic (exact) mass is 331 g/mol. The van der Waals surface area contributed by atoms with Crippen molar-refractivity contribution >= 4 is 5.82 Å². The molecule has 126 valence electrons. The van der Waals surface area contributed by atoms with Gasteiger partial charge in [0, 0.05) is 13.1 Å². The molecule has 3 aromatic rings. The minimum atomic E-state index is 0.346. The van der Waals surface area contributed by atoms with Crippen molar-refractivity contribution in [1.29, 1.82) is 5.26 Å². The summed E-state index contributed by atoms with van der Waals surface area (Å²) in [7, 11) is 0. The molecule has 0 unspecified atom stereocenters. The fraction of sp³-hybridized carbons (Fsp3) is 0.250. The van der Waals surface area contributed by atoms with Gasteiger partial charge in [-0.05, 0) is 43.5 Å². The van der Waals surface area contributed by atoms with E-state index in [-0.39, 0.29) is 0 Å². The molecule has 0 saturated heterocycles. The largest absolute Gasteiger partial charge is 0.349 e. The van der Waals surface area contributed by atoms with Gasteiger partial charge in [0.05, 0.1) is 5.69 Å². The molecule has 0 bridgehead atoms. The quantitative estimate of drug-likeness (QED) is 0.714. The van der Waals surface area contributed by atoms with E-state index in [1.54, 1.807) is 4.80 Å². The lowest BCUT2D eigenvalue weighted by Crippen LogP contribution is -2.23. The Hall–Kier alpha value is -3.13. The zero-order valence-electron chi connectivity index (χ0n) is 14.8.